The van der Waals surface area contributed by atoms with Crippen LogP contribution in [0.15, 0.2) is 23.3 Å². The van der Waals surface area contributed by atoms with Crippen molar-refractivity contribution >= 4 is 45.0 Å². The molecule has 2 unspecified atom stereocenters. The Hall–Kier alpha value is -3.75. The van der Waals surface area contributed by atoms with Crippen LogP contribution in [0.5, 0.6) is 0 Å². The minimum atomic E-state index is -4.89. The Kier molecular flexibility index (Phi) is 7.69. The summed E-state index contributed by atoms with van der Waals surface area (Å²) in [6.07, 6.45) is -2.18. The minimum absolute atomic E-state index is 0.0490. The third-order valence-electron chi connectivity index (χ3n) is 4.64. The van der Waals surface area contributed by atoms with Crippen LogP contribution in [0.2, 0.25) is 0 Å². The van der Waals surface area contributed by atoms with Gasteiger partial charge in [0.15, 0.2) is 5.25 Å². The molecule has 2 rings (SSSR count). The summed E-state index contributed by atoms with van der Waals surface area (Å²) in [7, 11) is -4.89. The molecule has 1 aromatic rings. The number of carbonyl (C=O) groups excluding carboxylic acids is 2. The number of azide groups is 1. The number of aliphatic carboxylic acids is 1. The zero-order chi connectivity index (χ0) is 24.1. The lowest BCUT2D eigenvalue weighted by atomic mass is 10.1. The summed E-state index contributed by atoms with van der Waals surface area (Å²) in [6.45, 7) is 0. The third kappa shape index (κ3) is 5.90. The van der Waals surface area contributed by atoms with E-state index in [1.54, 1.807) is 0 Å². The topological polar surface area (TPSA) is 233 Å². The normalized spacial score (nSPS) is 15.7. The van der Waals surface area contributed by atoms with E-state index in [4.69, 9.17) is 15.2 Å². The molecule has 0 bridgehead atoms. The summed E-state index contributed by atoms with van der Waals surface area (Å²) in [4.78, 5) is 49.5. The lowest BCUT2D eigenvalue weighted by Gasteiger charge is -2.28. The van der Waals surface area contributed by atoms with Crippen molar-refractivity contribution in [3.8, 4) is 0 Å². The van der Waals surface area contributed by atoms with Crippen LogP contribution in [0.4, 0.5) is 17.1 Å². The molecule has 3 N–H and O–H groups in total. The zero-order valence-corrected chi connectivity index (χ0v) is 17.1. The molecule has 0 spiro atoms. The van der Waals surface area contributed by atoms with Crippen molar-refractivity contribution in [2.45, 2.75) is 43.5 Å². The highest BCUT2D eigenvalue weighted by Gasteiger charge is 2.37. The maximum absolute atomic E-state index is 12.2. The second-order valence-corrected chi connectivity index (χ2v) is 8.34. The molecular formula is C16H18N6O9S. The molecule has 1 heterocycles. The van der Waals surface area contributed by atoms with Crippen molar-refractivity contribution in [1.29, 1.82) is 0 Å². The SMILES string of the molecule is [N-]=[N+]=Nc1ccc(NC(CCCC(C(=O)O)S(=O)(=O)O)N2C(=O)CCC2=O)c([N+](=O)[O-])c1. The summed E-state index contributed by atoms with van der Waals surface area (Å²) >= 11 is 0. The van der Waals surface area contributed by atoms with Crippen molar-refractivity contribution in [2.24, 2.45) is 5.11 Å². The van der Waals surface area contributed by atoms with Crippen LogP contribution in [0.25, 0.3) is 10.4 Å². The van der Waals surface area contributed by atoms with E-state index in [9.17, 15) is 32.9 Å². The molecule has 15 nitrogen and oxygen atoms in total. The molecule has 1 aliphatic heterocycles. The molecule has 1 saturated heterocycles. The number of nitrogens with one attached hydrogen (secondary N) is 1. The summed E-state index contributed by atoms with van der Waals surface area (Å²) in [5.41, 5.74) is 7.81. The number of nitro groups is 1. The predicted molar refractivity (Wildman–Crippen MR) is 107 cm³/mol. The molecule has 32 heavy (non-hydrogen) atoms. The van der Waals surface area contributed by atoms with Crippen molar-refractivity contribution < 1.29 is 37.4 Å². The summed E-state index contributed by atoms with van der Waals surface area (Å²) in [5.74, 6) is -2.90. The van der Waals surface area contributed by atoms with Gasteiger partial charge < -0.3 is 10.4 Å². The van der Waals surface area contributed by atoms with Gasteiger partial charge in [0.2, 0.25) is 11.8 Å². The van der Waals surface area contributed by atoms with Crippen LogP contribution >= 0.6 is 0 Å². The number of carboxylic acid groups (broad SMARTS) is 1. The molecule has 0 aliphatic carbocycles. The molecule has 2 atom stereocenters. The number of nitrogens with zero attached hydrogens (tertiary/aromatic N) is 5. The first kappa shape index (κ1) is 24.5. The Morgan fingerprint density at radius 2 is 1.94 bits per heavy atom. The number of hydrogen-bond donors (Lipinski definition) is 3. The van der Waals surface area contributed by atoms with Crippen LogP contribution in [0.3, 0.4) is 0 Å². The first-order valence-electron chi connectivity index (χ1n) is 9.09. The quantitative estimate of drug-likeness (QED) is 0.0808. The van der Waals surface area contributed by atoms with Gasteiger partial charge in [-0.25, -0.2) is 0 Å². The van der Waals surface area contributed by atoms with Crippen LogP contribution in [-0.2, 0) is 24.5 Å². The number of hydrogen-bond acceptors (Lipinski definition) is 9. The predicted octanol–water partition coefficient (Wildman–Crippen LogP) is 1.93. The number of anilines is 1. The van der Waals surface area contributed by atoms with Crippen molar-refractivity contribution in [3.05, 3.63) is 38.8 Å². The highest BCUT2D eigenvalue weighted by Crippen LogP contribution is 2.32. The molecule has 1 aliphatic rings. The first-order chi connectivity index (χ1) is 15.0. The fourth-order valence-electron chi connectivity index (χ4n) is 3.19. The van der Waals surface area contributed by atoms with Crippen molar-refractivity contribution in [2.75, 3.05) is 5.32 Å². The monoisotopic (exact) mass is 470 g/mol. The maximum atomic E-state index is 12.2. The third-order valence-corrected chi connectivity index (χ3v) is 5.80. The molecule has 0 radical (unpaired) electrons. The van der Waals surface area contributed by atoms with Gasteiger partial charge in [0.1, 0.15) is 11.9 Å². The summed E-state index contributed by atoms with van der Waals surface area (Å²) in [5, 5.41) is 24.3. The number of amides is 2. The fraction of sp³-hybridized carbons (Fsp3) is 0.438. The number of carbonyl (C=O) groups is 3. The van der Waals surface area contributed by atoms with E-state index < -0.39 is 56.3 Å². The minimum Gasteiger partial charge on any atom is -0.480 e. The maximum Gasteiger partial charge on any atom is 0.324 e. The highest BCUT2D eigenvalue weighted by molar-refractivity contribution is 7.87. The Morgan fingerprint density at radius 1 is 1.31 bits per heavy atom. The molecule has 0 saturated carbocycles. The van der Waals surface area contributed by atoms with Gasteiger partial charge in [-0.1, -0.05) is 11.2 Å². The molecule has 16 heteroatoms. The van der Waals surface area contributed by atoms with Gasteiger partial charge in [-0.2, -0.15) is 8.42 Å². The van der Waals surface area contributed by atoms with E-state index in [2.05, 4.69) is 15.3 Å². The number of nitro benzene ring substituents is 1. The average molecular weight is 470 g/mol. The molecular weight excluding hydrogens is 452 g/mol. The summed E-state index contributed by atoms with van der Waals surface area (Å²) in [6, 6.07) is 3.45. The fourth-order valence-corrected chi connectivity index (χ4v) is 3.91. The van der Waals surface area contributed by atoms with Gasteiger partial charge in [0, 0.05) is 29.5 Å². The van der Waals surface area contributed by atoms with Crippen molar-refractivity contribution in [1.82, 2.24) is 4.90 Å². The van der Waals surface area contributed by atoms with Gasteiger partial charge in [-0.3, -0.25) is 34.0 Å². The lowest BCUT2D eigenvalue weighted by Crippen LogP contribution is -2.44. The summed E-state index contributed by atoms with van der Waals surface area (Å²) < 4.78 is 31.5. The largest absolute Gasteiger partial charge is 0.480 e. The van der Waals surface area contributed by atoms with Crippen LogP contribution in [-0.4, -0.2) is 57.1 Å². The van der Waals surface area contributed by atoms with E-state index in [0.29, 0.717) is 0 Å². The highest BCUT2D eigenvalue weighted by atomic mass is 32.2. The molecule has 172 valence electrons. The van der Waals surface area contributed by atoms with E-state index in [-0.39, 0.29) is 37.1 Å². The molecule has 0 aromatic heterocycles. The van der Waals surface area contributed by atoms with Crippen molar-refractivity contribution in [3.63, 3.8) is 0 Å². The van der Waals surface area contributed by atoms with E-state index in [1.165, 1.54) is 12.1 Å². The number of carboxylic acids is 1. The first-order valence-corrected chi connectivity index (χ1v) is 10.6. The van der Waals surface area contributed by atoms with Gasteiger partial charge in [0.05, 0.1) is 4.92 Å². The van der Waals surface area contributed by atoms with E-state index in [0.717, 1.165) is 11.0 Å². The standard InChI is InChI=1S/C16H18N6O9S/c17-20-19-9-4-5-10(11(8-9)22(27)28)18-13(21-14(23)6-7-15(21)24)3-1-2-12(16(25)26)32(29,30)31/h4-5,8,12-13,18H,1-3,6-7H2,(H,25,26)(H,29,30,31). The van der Waals surface area contributed by atoms with Gasteiger partial charge in [0.25, 0.3) is 15.8 Å². The molecule has 1 fully saturated rings. The number of likely N-dealkylation sites (tertiary alicyclic amines) is 1. The Balaban J connectivity index is 2.32. The second-order valence-electron chi connectivity index (χ2n) is 6.74. The smallest absolute Gasteiger partial charge is 0.324 e. The van der Waals surface area contributed by atoms with Crippen LogP contribution < -0.4 is 5.32 Å². The molecule has 1 aromatic carbocycles. The second kappa shape index (κ2) is 10.0. The Morgan fingerprint density at radius 3 is 2.44 bits per heavy atom. The van der Waals surface area contributed by atoms with Gasteiger partial charge >= 0.3 is 5.97 Å². The molecule has 2 amide bonds. The van der Waals surface area contributed by atoms with Crippen LogP contribution in [0.1, 0.15) is 32.1 Å². The zero-order valence-electron chi connectivity index (χ0n) is 16.3. The van der Waals surface area contributed by atoms with Gasteiger partial charge in [-0.15, -0.1) is 0 Å². The lowest BCUT2D eigenvalue weighted by molar-refractivity contribution is -0.383. The number of benzene rings is 1. The average Bonchev–Trinajstić information content (AvgIpc) is 3.02. The Bertz CT molecular complexity index is 1080. The van der Waals surface area contributed by atoms with E-state index in [1.807, 2.05) is 0 Å². The number of rotatable bonds is 11. The van der Waals surface area contributed by atoms with Gasteiger partial charge in [-0.05, 0) is 30.9 Å². The Labute approximate surface area is 180 Å². The van der Waals surface area contributed by atoms with E-state index >= 15 is 0 Å². The number of imide groups is 1. The van der Waals surface area contributed by atoms with Crippen LogP contribution in [0, 0.1) is 10.1 Å².